The molecule has 3 nitrogen and oxygen atoms in total. The third kappa shape index (κ3) is 5.28. The van der Waals surface area contributed by atoms with Gasteiger partial charge in [0.05, 0.1) is 11.3 Å². The smallest absolute Gasteiger partial charge is 0.258 e. The van der Waals surface area contributed by atoms with Crippen LogP contribution in [-0.2, 0) is 0 Å². The Labute approximate surface area is 169 Å². The predicted octanol–water partition coefficient (Wildman–Crippen LogP) is 5.82. The monoisotopic (exact) mass is 443 g/mol. The van der Waals surface area contributed by atoms with Gasteiger partial charge in [-0.2, -0.15) is 0 Å². The van der Waals surface area contributed by atoms with E-state index in [0.717, 1.165) is 9.37 Å². The second kappa shape index (κ2) is 8.97. The Morgan fingerprint density at radius 1 is 0.926 bits per heavy atom. The van der Waals surface area contributed by atoms with Crippen molar-refractivity contribution in [3.05, 3.63) is 94.2 Å². The molecule has 0 fully saturated rings. The maximum Gasteiger partial charge on any atom is 0.258 e. The molecular formula is C21H15BrFNO2S. The van der Waals surface area contributed by atoms with Crippen LogP contribution in [0.2, 0.25) is 0 Å². The minimum Gasteiger partial charge on any atom is -0.322 e. The number of Topliss-reactive ketones (excluding diaryl/α,β-unsaturated/α-hetero) is 1. The summed E-state index contributed by atoms with van der Waals surface area (Å²) in [6.07, 6.45) is 0. The minimum absolute atomic E-state index is 0.00366. The normalized spacial score (nSPS) is 10.4. The van der Waals surface area contributed by atoms with E-state index in [-0.39, 0.29) is 11.3 Å². The van der Waals surface area contributed by atoms with Gasteiger partial charge in [-0.1, -0.05) is 40.2 Å². The van der Waals surface area contributed by atoms with Crippen molar-refractivity contribution in [2.24, 2.45) is 0 Å². The number of amides is 1. The topological polar surface area (TPSA) is 46.2 Å². The summed E-state index contributed by atoms with van der Waals surface area (Å²) in [5, 5.41) is 2.66. The molecule has 0 saturated heterocycles. The zero-order valence-corrected chi connectivity index (χ0v) is 16.5. The van der Waals surface area contributed by atoms with Crippen LogP contribution in [0.15, 0.2) is 82.2 Å². The van der Waals surface area contributed by atoms with Crippen molar-refractivity contribution in [3.63, 3.8) is 0 Å². The second-order valence-electron chi connectivity index (χ2n) is 5.68. The number of thioether (sulfide) groups is 1. The summed E-state index contributed by atoms with van der Waals surface area (Å²) < 4.78 is 14.6. The zero-order chi connectivity index (χ0) is 19.2. The summed E-state index contributed by atoms with van der Waals surface area (Å²) in [5.74, 6) is -0.695. The van der Waals surface area contributed by atoms with E-state index in [9.17, 15) is 14.0 Å². The fourth-order valence-electron chi connectivity index (χ4n) is 2.35. The zero-order valence-electron chi connectivity index (χ0n) is 14.1. The van der Waals surface area contributed by atoms with Crippen molar-refractivity contribution < 1.29 is 14.0 Å². The largest absolute Gasteiger partial charge is 0.322 e. The van der Waals surface area contributed by atoms with Gasteiger partial charge < -0.3 is 5.32 Å². The maximum absolute atomic E-state index is 13.6. The number of carbonyl (C=O) groups excluding carboxylic acids is 2. The van der Waals surface area contributed by atoms with Gasteiger partial charge in [-0.25, -0.2) is 4.39 Å². The summed E-state index contributed by atoms with van der Waals surface area (Å²) in [6.45, 7) is 0. The van der Waals surface area contributed by atoms with Crippen LogP contribution >= 0.6 is 27.7 Å². The molecule has 0 unspecified atom stereocenters. The first-order valence-electron chi connectivity index (χ1n) is 8.10. The molecule has 0 aromatic heterocycles. The highest BCUT2D eigenvalue weighted by atomic mass is 79.9. The number of anilines is 1. The Morgan fingerprint density at radius 2 is 1.59 bits per heavy atom. The predicted molar refractivity (Wildman–Crippen MR) is 110 cm³/mol. The molecule has 0 aliphatic rings. The molecule has 0 aliphatic carbocycles. The first kappa shape index (κ1) is 19.3. The molecule has 3 aromatic carbocycles. The Kier molecular flexibility index (Phi) is 6.42. The molecule has 0 bridgehead atoms. The number of nitrogens with one attached hydrogen (secondary N) is 1. The van der Waals surface area contributed by atoms with Crippen LogP contribution in [0.3, 0.4) is 0 Å². The van der Waals surface area contributed by atoms with Gasteiger partial charge in [-0.15, -0.1) is 11.8 Å². The first-order chi connectivity index (χ1) is 13.0. The van der Waals surface area contributed by atoms with Gasteiger partial charge in [-0.05, 0) is 48.5 Å². The summed E-state index contributed by atoms with van der Waals surface area (Å²) in [6, 6.07) is 20.2. The third-order valence-corrected chi connectivity index (χ3v) is 5.31. The summed E-state index contributed by atoms with van der Waals surface area (Å²) in [5.41, 5.74) is 1.22. The lowest BCUT2D eigenvalue weighted by atomic mass is 10.2. The molecular weight excluding hydrogens is 429 g/mol. The van der Waals surface area contributed by atoms with Gasteiger partial charge in [0.25, 0.3) is 5.91 Å². The Hall–Kier alpha value is -2.44. The number of benzene rings is 3. The van der Waals surface area contributed by atoms with Crippen LogP contribution in [0.1, 0.15) is 20.7 Å². The van der Waals surface area contributed by atoms with Crippen LogP contribution in [-0.4, -0.2) is 17.4 Å². The Balaban J connectivity index is 1.57. The van der Waals surface area contributed by atoms with E-state index >= 15 is 0 Å². The highest BCUT2D eigenvalue weighted by molar-refractivity contribution is 9.10. The molecule has 0 saturated carbocycles. The Bertz CT molecular complexity index is 959. The number of carbonyl (C=O) groups is 2. The van der Waals surface area contributed by atoms with Crippen molar-refractivity contribution in [1.29, 1.82) is 0 Å². The number of hydrogen-bond acceptors (Lipinski definition) is 3. The van der Waals surface area contributed by atoms with Gasteiger partial charge in [0.15, 0.2) is 5.78 Å². The lowest BCUT2D eigenvalue weighted by Crippen LogP contribution is -2.13. The molecule has 136 valence electrons. The van der Waals surface area contributed by atoms with Gasteiger partial charge in [0.2, 0.25) is 0 Å². The quantitative estimate of drug-likeness (QED) is 0.385. The lowest BCUT2D eigenvalue weighted by Gasteiger charge is -2.07. The molecule has 0 atom stereocenters. The molecule has 1 N–H and O–H groups in total. The molecule has 0 aliphatic heterocycles. The van der Waals surface area contributed by atoms with Gasteiger partial charge in [0.1, 0.15) is 5.82 Å². The van der Waals surface area contributed by atoms with E-state index in [4.69, 9.17) is 0 Å². The average molecular weight is 444 g/mol. The van der Waals surface area contributed by atoms with E-state index in [1.165, 1.54) is 30.0 Å². The van der Waals surface area contributed by atoms with E-state index in [1.807, 2.05) is 24.3 Å². The van der Waals surface area contributed by atoms with Crippen LogP contribution in [0, 0.1) is 5.82 Å². The molecule has 27 heavy (non-hydrogen) atoms. The highest BCUT2D eigenvalue weighted by Crippen LogP contribution is 2.22. The van der Waals surface area contributed by atoms with Crippen molar-refractivity contribution >= 4 is 45.1 Å². The van der Waals surface area contributed by atoms with Crippen molar-refractivity contribution in [3.8, 4) is 0 Å². The standard InChI is InChI=1S/C21H15BrFNO2S/c22-15-7-5-14(6-8-15)20(25)13-27-17-11-9-16(10-12-17)24-21(26)18-3-1-2-4-19(18)23/h1-12H,13H2,(H,24,26). The summed E-state index contributed by atoms with van der Waals surface area (Å²) in [7, 11) is 0. The number of halogens is 2. The molecule has 0 spiro atoms. The van der Waals surface area contributed by atoms with Gasteiger partial charge in [-0.3, -0.25) is 9.59 Å². The number of rotatable bonds is 6. The SMILES string of the molecule is O=C(CSc1ccc(NC(=O)c2ccccc2F)cc1)c1ccc(Br)cc1. The van der Waals surface area contributed by atoms with Gasteiger partial charge >= 0.3 is 0 Å². The van der Waals surface area contributed by atoms with E-state index < -0.39 is 11.7 Å². The van der Waals surface area contributed by atoms with E-state index in [1.54, 1.807) is 30.3 Å². The summed E-state index contributed by atoms with van der Waals surface area (Å²) >= 11 is 4.77. The fourth-order valence-corrected chi connectivity index (χ4v) is 3.40. The molecule has 1 amide bonds. The number of ketones is 1. The minimum atomic E-state index is -0.561. The van der Waals surface area contributed by atoms with E-state index in [2.05, 4.69) is 21.2 Å². The second-order valence-corrected chi connectivity index (χ2v) is 7.64. The average Bonchev–Trinajstić information content (AvgIpc) is 2.68. The van der Waals surface area contributed by atoms with Crippen LogP contribution in [0.5, 0.6) is 0 Å². The van der Waals surface area contributed by atoms with E-state index in [0.29, 0.717) is 17.0 Å². The summed E-state index contributed by atoms with van der Waals surface area (Å²) in [4.78, 5) is 25.2. The van der Waals surface area contributed by atoms with Gasteiger partial charge in [0, 0.05) is 20.6 Å². The molecule has 6 heteroatoms. The van der Waals surface area contributed by atoms with Crippen LogP contribution in [0.25, 0.3) is 0 Å². The molecule has 3 aromatic rings. The highest BCUT2D eigenvalue weighted by Gasteiger charge is 2.11. The molecule has 0 heterocycles. The lowest BCUT2D eigenvalue weighted by molar-refractivity contribution is 0.101. The van der Waals surface area contributed by atoms with Crippen molar-refractivity contribution in [1.82, 2.24) is 0 Å². The third-order valence-electron chi connectivity index (χ3n) is 3.77. The first-order valence-corrected chi connectivity index (χ1v) is 9.88. The van der Waals surface area contributed by atoms with Crippen molar-refractivity contribution in [2.45, 2.75) is 4.90 Å². The number of hydrogen-bond donors (Lipinski definition) is 1. The molecule has 0 radical (unpaired) electrons. The van der Waals surface area contributed by atoms with Crippen LogP contribution < -0.4 is 5.32 Å². The molecule has 3 rings (SSSR count). The van der Waals surface area contributed by atoms with Crippen LogP contribution in [0.4, 0.5) is 10.1 Å². The maximum atomic E-state index is 13.6. The van der Waals surface area contributed by atoms with Crippen molar-refractivity contribution in [2.75, 3.05) is 11.1 Å². The Morgan fingerprint density at radius 3 is 2.26 bits per heavy atom. The fraction of sp³-hybridized carbons (Fsp3) is 0.0476.